The summed E-state index contributed by atoms with van der Waals surface area (Å²) in [6, 6.07) is 0. The van der Waals surface area contributed by atoms with E-state index in [-0.39, 0.29) is 5.91 Å². The number of amides is 1. The molecule has 1 atom stereocenters. The van der Waals surface area contributed by atoms with E-state index >= 15 is 0 Å². The molecule has 2 saturated heterocycles. The number of hydrogen-bond acceptors (Lipinski definition) is 3. The van der Waals surface area contributed by atoms with E-state index in [2.05, 4.69) is 0 Å². The Labute approximate surface area is 90.5 Å². The topological polar surface area (TPSA) is 38.8 Å². The van der Waals surface area contributed by atoms with E-state index in [4.69, 9.17) is 9.47 Å². The van der Waals surface area contributed by atoms with Crippen LogP contribution in [0, 0.1) is 5.92 Å². The molecule has 4 heteroatoms. The average Bonchev–Trinajstić information content (AvgIpc) is 2.31. The van der Waals surface area contributed by atoms with Crippen molar-refractivity contribution in [2.75, 3.05) is 39.5 Å². The second kappa shape index (κ2) is 5.47. The lowest BCUT2D eigenvalue weighted by Gasteiger charge is -2.29. The summed E-state index contributed by atoms with van der Waals surface area (Å²) < 4.78 is 10.6. The van der Waals surface area contributed by atoms with Crippen LogP contribution in [-0.2, 0) is 14.3 Å². The molecule has 2 aliphatic heterocycles. The molecule has 0 N–H and O–H groups in total. The summed E-state index contributed by atoms with van der Waals surface area (Å²) >= 11 is 0. The number of morpholine rings is 1. The smallest absolute Gasteiger partial charge is 0.223 e. The minimum atomic E-state index is 0.272. The maximum absolute atomic E-state index is 11.9. The molecule has 0 aromatic carbocycles. The lowest BCUT2D eigenvalue weighted by atomic mass is 9.98. The third kappa shape index (κ3) is 3.18. The Morgan fingerprint density at radius 1 is 1.20 bits per heavy atom. The van der Waals surface area contributed by atoms with Crippen LogP contribution in [-0.4, -0.2) is 50.3 Å². The highest BCUT2D eigenvalue weighted by Gasteiger charge is 2.22. The van der Waals surface area contributed by atoms with Gasteiger partial charge < -0.3 is 14.4 Å². The average molecular weight is 213 g/mol. The normalized spacial score (nSPS) is 27.7. The number of hydrogen-bond donors (Lipinski definition) is 0. The number of rotatable bonds is 2. The molecular formula is C11H19NO3. The molecule has 0 bridgehead atoms. The zero-order valence-corrected chi connectivity index (χ0v) is 9.11. The highest BCUT2D eigenvalue weighted by molar-refractivity contribution is 5.76. The molecule has 0 aliphatic carbocycles. The summed E-state index contributed by atoms with van der Waals surface area (Å²) in [7, 11) is 0. The fourth-order valence-corrected chi connectivity index (χ4v) is 2.16. The van der Waals surface area contributed by atoms with Gasteiger partial charge in [-0.25, -0.2) is 0 Å². The predicted octanol–water partition coefficient (Wildman–Crippen LogP) is 0.662. The summed E-state index contributed by atoms with van der Waals surface area (Å²) in [6.07, 6.45) is 2.89. The summed E-state index contributed by atoms with van der Waals surface area (Å²) in [4.78, 5) is 13.8. The van der Waals surface area contributed by atoms with Crippen molar-refractivity contribution in [2.24, 2.45) is 5.92 Å². The number of carbonyl (C=O) groups is 1. The lowest BCUT2D eigenvalue weighted by Crippen LogP contribution is -2.41. The second-order valence-electron chi connectivity index (χ2n) is 4.28. The van der Waals surface area contributed by atoms with Crippen molar-refractivity contribution in [1.82, 2.24) is 4.90 Å². The molecule has 0 aromatic rings. The van der Waals surface area contributed by atoms with Crippen LogP contribution in [0.25, 0.3) is 0 Å². The Balaban J connectivity index is 1.74. The molecule has 0 saturated carbocycles. The first-order valence-corrected chi connectivity index (χ1v) is 5.79. The van der Waals surface area contributed by atoms with Gasteiger partial charge in [0.1, 0.15) is 0 Å². The Bertz CT molecular complexity index is 208. The number of carbonyl (C=O) groups excluding carboxylic acids is 1. The van der Waals surface area contributed by atoms with Gasteiger partial charge >= 0.3 is 0 Å². The third-order valence-corrected chi connectivity index (χ3v) is 3.08. The van der Waals surface area contributed by atoms with E-state index in [0.717, 1.165) is 39.1 Å². The summed E-state index contributed by atoms with van der Waals surface area (Å²) in [5, 5.41) is 0. The first kappa shape index (κ1) is 10.9. The summed E-state index contributed by atoms with van der Waals surface area (Å²) in [5.74, 6) is 0.711. The minimum absolute atomic E-state index is 0.272. The number of ether oxygens (including phenoxy) is 2. The van der Waals surface area contributed by atoms with Gasteiger partial charge in [-0.15, -0.1) is 0 Å². The fraction of sp³-hybridized carbons (Fsp3) is 0.909. The molecular weight excluding hydrogens is 194 g/mol. The zero-order valence-electron chi connectivity index (χ0n) is 9.11. The summed E-state index contributed by atoms with van der Waals surface area (Å²) in [6.45, 7) is 4.51. The number of nitrogens with zero attached hydrogens (tertiary/aromatic N) is 1. The second-order valence-corrected chi connectivity index (χ2v) is 4.28. The van der Waals surface area contributed by atoms with Gasteiger partial charge in [-0.05, 0) is 18.8 Å². The fourth-order valence-electron chi connectivity index (χ4n) is 2.16. The first-order valence-electron chi connectivity index (χ1n) is 5.79. The molecule has 15 heavy (non-hydrogen) atoms. The van der Waals surface area contributed by atoms with Crippen molar-refractivity contribution in [2.45, 2.75) is 19.3 Å². The predicted molar refractivity (Wildman–Crippen MR) is 55.6 cm³/mol. The molecule has 1 amide bonds. The van der Waals surface area contributed by atoms with Crippen molar-refractivity contribution in [3.63, 3.8) is 0 Å². The van der Waals surface area contributed by atoms with Crippen LogP contribution in [0.2, 0.25) is 0 Å². The van der Waals surface area contributed by atoms with Crippen molar-refractivity contribution >= 4 is 5.91 Å². The maximum Gasteiger partial charge on any atom is 0.223 e. The molecule has 86 valence electrons. The molecule has 2 fully saturated rings. The first-order chi connectivity index (χ1) is 7.36. The maximum atomic E-state index is 11.9. The van der Waals surface area contributed by atoms with Gasteiger partial charge in [-0.3, -0.25) is 4.79 Å². The Morgan fingerprint density at radius 3 is 2.67 bits per heavy atom. The van der Waals surface area contributed by atoms with Crippen LogP contribution in [0.1, 0.15) is 19.3 Å². The van der Waals surface area contributed by atoms with Crippen molar-refractivity contribution in [3.05, 3.63) is 0 Å². The summed E-state index contributed by atoms with van der Waals surface area (Å²) in [5.41, 5.74) is 0. The van der Waals surface area contributed by atoms with E-state index in [1.54, 1.807) is 0 Å². The van der Waals surface area contributed by atoms with Crippen LogP contribution in [0.15, 0.2) is 0 Å². The van der Waals surface area contributed by atoms with Crippen LogP contribution < -0.4 is 0 Å². The van der Waals surface area contributed by atoms with Crippen molar-refractivity contribution < 1.29 is 14.3 Å². The van der Waals surface area contributed by atoms with Gasteiger partial charge in [0.25, 0.3) is 0 Å². The van der Waals surface area contributed by atoms with E-state index in [1.807, 2.05) is 4.90 Å². The minimum Gasteiger partial charge on any atom is -0.381 e. The van der Waals surface area contributed by atoms with Gasteiger partial charge in [-0.2, -0.15) is 0 Å². The Morgan fingerprint density at radius 2 is 2.00 bits per heavy atom. The monoisotopic (exact) mass is 213 g/mol. The van der Waals surface area contributed by atoms with Gasteiger partial charge in [0.15, 0.2) is 0 Å². The zero-order chi connectivity index (χ0) is 10.5. The third-order valence-electron chi connectivity index (χ3n) is 3.08. The van der Waals surface area contributed by atoms with Crippen LogP contribution >= 0.6 is 0 Å². The Kier molecular flexibility index (Phi) is 3.97. The molecule has 1 unspecified atom stereocenters. The van der Waals surface area contributed by atoms with Crippen LogP contribution in [0.3, 0.4) is 0 Å². The molecule has 0 radical (unpaired) electrons. The largest absolute Gasteiger partial charge is 0.381 e. The Hall–Kier alpha value is -0.610. The van der Waals surface area contributed by atoms with E-state index in [0.29, 0.717) is 25.6 Å². The van der Waals surface area contributed by atoms with Gasteiger partial charge in [0, 0.05) is 32.7 Å². The van der Waals surface area contributed by atoms with Gasteiger partial charge in [0.2, 0.25) is 5.91 Å². The standard InChI is InChI=1S/C11H19NO3/c13-11(12-3-6-14-7-4-12)8-10-2-1-5-15-9-10/h10H,1-9H2. The molecule has 4 nitrogen and oxygen atoms in total. The molecule has 2 aliphatic rings. The van der Waals surface area contributed by atoms with Crippen molar-refractivity contribution in [1.29, 1.82) is 0 Å². The van der Waals surface area contributed by atoms with E-state index < -0.39 is 0 Å². The quantitative estimate of drug-likeness (QED) is 0.676. The van der Waals surface area contributed by atoms with Crippen molar-refractivity contribution in [3.8, 4) is 0 Å². The van der Waals surface area contributed by atoms with Crippen LogP contribution in [0.5, 0.6) is 0 Å². The van der Waals surface area contributed by atoms with Gasteiger partial charge in [-0.1, -0.05) is 0 Å². The molecule has 2 rings (SSSR count). The van der Waals surface area contributed by atoms with E-state index in [1.165, 1.54) is 0 Å². The highest BCUT2D eigenvalue weighted by Crippen LogP contribution is 2.18. The highest BCUT2D eigenvalue weighted by atomic mass is 16.5. The SMILES string of the molecule is O=C(CC1CCCOC1)N1CCOCC1. The molecule has 0 spiro atoms. The molecule has 2 heterocycles. The van der Waals surface area contributed by atoms with Gasteiger partial charge in [0.05, 0.1) is 13.2 Å². The van der Waals surface area contributed by atoms with Crippen LogP contribution in [0.4, 0.5) is 0 Å². The molecule has 0 aromatic heterocycles. The lowest BCUT2D eigenvalue weighted by molar-refractivity contribution is -0.137. The van der Waals surface area contributed by atoms with E-state index in [9.17, 15) is 4.79 Å².